The Bertz CT molecular complexity index is 1170. The van der Waals surface area contributed by atoms with Crippen LogP contribution in [-0.2, 0) is 0 Å². The summed E-state index contributed by atoms with van der Waals surface area (Å²) in [6, 6.07) is 8.51. The highest BCUT2D eigenvalue weighted by molar-refractivity contribution is 6.10. The number of fused-ring (bicyclic) bond motifs is 3. The van der Waals surface area contributed by atoms with Crippen molar-refractivity contribution >= 4 is 27.5 Å². The first kappa shape index (κ1) is 17.0. The molecule has 0 aliphatic heterocycles. The number of nitrogen functional groups attached to an aromatic ring is 1. The third-order valence-corrected chi connectivity index (χ3v) is 4.37. The van der Waals surface area contributed by atoms with Crippen LogP contribution in [0.4, 0.5) is 14.6 Å². The number of hydrogen-bond donors (Lipinski definition) is 1. The number of nitrogens with two attached hydrogens (primary N) is 1. The van der Waals surface area contributed by atoms with Crippen molar-refractivity contribution in [3.8, 4) is 22.8 Å². The van der Waals surface area contributed by atoms with E-state index in [0.717, 1.165) is 16.8 Å². The minimum Gasteiger partial charge on any atom is -0.493 e. The molecule has 0 aliphatic rings. The van der Waals surface area contributed by atoms with Gasteiger partial charge >= 0.3 is 0 Å². The number of benzene rings is 2. The standard InChI is InChI=1S/C20H15F2N3O2/c1-26-18-7-14-13-6-16(10-3-11(21)5-12(22)4-10)25-20(23)15(13)9-24-17(14)8-19(18)27-2/h3-9H,1-2H3,(H2,23,25). The molecule has 0 fully saturated rings. The van der Waals surface area contributed by atoms with E-state index < -0.39 is 11.6 Å². The van der Waals surface area contributed by atoms with E-state index in [-0.39, 0.29) is 5.82 Å². The molecule has 0 aliphatic carbocycles. The van der Waals surface area contributed by atoms with Gasteiger partial charge in [0.25, 0.3) is 0 Å². The average molecular weight is 367 g/mol. The Morgan fingerprint density at radius 3 is 2.15 bits per heavy atom. The zero-order valence-corrected chi connectivity index (χ0v) is 14.6. The van der Waals surface area contributed by atoms with Gasteiger partial charge in [0, 0.05) is 34.7 Å². The van der Waals surface area contributed by atoms with Crippen molar-refractivity contribution in [2.75, 3.05) is 20.0 Å². The number of ether oxygens (including phenoxy) is 2. The number of rotatable bonds is 3. The smallest absolute Gasteiger partial charge is 0.162 e. The lowest BCUT2D eigenvalue weighted by Gasteiger charge is -2.12. The van der Waals surface area contributed by atoms with Gasteiger partial charge in [-0.1, -0.05) is 0 Å². The van der Waals surface area contributed by atoms with Crippen molar-refractivity contribution in [3.63, 3.8) is 0 Å². The molecule has 0 saturated heterocycles. The van der Waals surface area contributed by atoms with Crippen molar-refractivity contribution in [1.82, 2.24) is 9.97 Å². The van der Waals surface area contributed by atoms with Crippen LogP contribution in [-0.4, -0.2) is 24.2 Å². The minimum absolute atomic E-state index is 0.219. The molecule has 0 spiro atoms. The molecule has 5 nitrogen and oxygen atoms in total. The topological polar surface area (TPSA) is 70.3 Å². The van der Waals surface area contributed by atoms with Gasteiger partial charge in [0.15, 0.2) is 11.5 Å². The Labute approximate surface area is 153 Å². The van der Waals surface area contributed by atoms with Crippen LogP contribution in [0.25, 0.3) is 32.9 Å². The van der Waals surface area contributed by atoms with Crippen LogP contribution in [0, 0.1) is 11.6 Å². The summed E-state index contributed by atoms with van der Waals surface area (Å²) >= 11 is 0. The van der Waals surface area contributed by atoms with E-state index in [1.165, 1.54) is 12.1 Å². The molecule has 0 atom stereocenters. The first-order chi connectivity index (χ1) is 13.0. The van der Waals surface area contributed by atoms with Gasteiger partial charge in [0.1, 0.15) is 17.5 Å². The summed E-state index contributed by atoms with van der Waals surface area (Å²) in [6.07, 6.45) is 1.61. The summed E-state index contributed by atoms with van der Waals surface area (Å²) in [4.78, 5) is 8.69. The predicted octanol–water partition coefficient (Wildman–Crippen LogP) is 4.33. The second-order valence-corrected chi connectivity index (χ2v) is 5.99. The number of pyridine rings is 2. The fourth-order valence-electron chi connectivity index (χ4n) is 3.11. The highest BCUT2D eigenvalue weighted by atomic mass is 19.1. The molecule has 2 N–H and O–H groups in total. The zero-order chi connectivity index (χ0) is 19.1. The van der Waals surface area contributed by atoms with Crippen LogP contribution >= 0.6 is 0 Å². The maximum Gasteiger partial charge on any atom is 0.162 e. The quantitative estimate of drug-likeness (QED) is 0.546. The summed E-state index contributed by atoms with van der Waals surface area (Å²) in [5, 5.41) is 2.14. The van der Waals surface area contributed by atoms with Crippen LogP contribution in [0.15, 0.2) is 42.6 Å². The van der Waals surface area contributed by atoms with Gasteiger partial charge in [-0.3, -0.25) is 4.98 Å². The van der Waals surface area contributed by atoms with Gasteiger partial charge in [-0.25, -0.2) is 13.8 Å². The Hall–Kier alpha value is -3.48. The van der Waals surface area contributed by atoms with E-state index in [1.54, 1.807) is 38.6 Å². The predicted molar refractivity (Wildman–Crippen MR) is 99.9 cm³/mol. The van der Waals surface area contributed by atoms with E-state index in [0.29, 0.717) is 33.7 Å². The molecule has 7 heteroatoms. The number of aromatic nitrogens is 2. The molecule has 27 heavy (non-hydrogen) atoms. The van der Waals surface area contributed by atoms with E-state index >= 15 is 0 Å². The Morgan fingerprint density at radius 2 is 1.48 bits per heavy atom. The number of anilines is 1. The maximum absolute atomic E-state index is 13.6. The highest BCUT2D eigenvalue weighted by Crippen LogP contribution is 2.37. The average Bonchev–Trinajstić information content (AvgIpc) is 2.65. The molecule has 2 aromatic carbocycles. The van der Waals surface area contributed by atoms with Crippen LogP contribution < -0.4 is 15.2 Å². The maximum atomic E-state index is 13.6. The molecule has 2 aromatic heterocycles. The van der Waals surface area contributed by atoms with Crippen LogP contribution in [0.2, 0.25) is 0 Å². The molecule has 2 heterocycles. The van der Waals surface area contributed by atoms with Gasteiger partial charge in [0.2, 0.25) is 0 Å². The Kier molecular flexibility index (Phi) is 3.99. The lowest BCUT2D eigenvalue weighted by molar-refractivity contribution is 0.356. The Balaban J connectivity index is 2.05. The molecule has 4 aromatic rings. The van der Waals surface area contributed by atoms with Gasteiger partial charge in [-0.05, 0) is 29.7 Å². The van der Waals surface area contributed by atoms with E-state index in [4.69, 9.17) is 15.2 Å². The van der Waals surface area contributed by atoms with Gasteiger partial charge in [-0.2, -0.15) is 0 Å². The third-order valence-electron chi connectivity index (χ3n) is 4.37. The van der Waals surface area contributed by atoms with Crippen molar-refractivity contribution < 1.29 is 18.3 Å². The summed E-state index contributed by atoms with van der Waals surface area (Å²) in [7, 11) is 3.09. The van der Waals surface area contributed by atoms with E-state index in [9.17, 15) is 8.78 Å². The molecular weight excluding hydrogens is 352 g/mol. The fraction of sp³-hybridized carbons (Fsp3) is 0.100. The molecular formula is C20H15F2N3O2. The second kappa shape index (κ2) is 6.35. The number of nitrogens with zero attached hydrogens (tertiary/aromatic N) is 2. The molecule has 0 unspecified atom stereocenters. The van der Waals surface area contributed by atoms with Gasteiger partial charge in [-0.15, -0.1) is 0 Å². The number of methoxy groups -OCH3 is 2. The van der Waals surface area contributed by atoms with Crippen molar-refractivity contribution in [2.45, 2.75) is 0 Å². The summed E-state index contributed by atoms with van der Waals surface area (Å²) < 4.78 is 37.9. The summed E-state index contributed by atoms with van der Waals surface area (Å²) in [5.41, 5.74) is 7.42. The van der Waals surface area contributed by atoms with Crippen LogP contribution in [0.1, 0.15) is 0 Å². The summed E-state index contributed by atoms with van der Waals surface area (Å²) in [5.74, 6) is -0.0661. The molecule has 0 amide bonds. The number of halogens is 2. The van der Waals surface area contributed by atoms with Crippen LogP contribution in [0.5, 0.6) is 11.5 Å². The van der Waals surface area contributed by atoms with Gasteiger partial charge < -0.3 is 15.2 Å². The van der Waals surface area contributed by atoms with Crippen LogP contribution in [0.3, 0.4) is 0 Å². The lowest BCUT2D eigenvalue weighted by atomic mass is 10.0. The first-order valence-corrected chi connectivity index (χ1v) is 8.07. The molecule has 4 rings (SSSR count). The van der Waals surface area contributed by atoms with Crippen molar-refractivity contribution in [1.29, 1.82) is 0 Å². The fourth-order valence-corrected chi connectivity index (χ4v) is 3.11. The van der Waals surface area contributed by atoms with Gasteiger partial charge in [0.05, 0.1) is 25.4 Å². The minimum atomic E-state index is -0.684. The largest absolute Gasteiger partial charge is 0.493 e. The molecule has 0 radical (unpaired) electrons. The zero-order valence-electron chi connectivity index (χ0n) is 14.6. The molecule has 0 bridgehead atoms. The van der Waals surface area contributed by atoms with Crippen molar-refractivity contribution in [2.24, 2.45) is 0 Å². The second-order valence-electron chi connectivity index (χ2n) is 5.99. The first-order valence-electron chi connectivity index (χ1n) is 8.07. The monoisotopic (exact) mass is 367 g/mol. The normalized spacial score (nSPS) is 11.1. The Morgan fingerprint density at radius 1 is 0.815 bits per heavy atom. The number of hydrogen-bond acceptors (Lipinski definition) is 5. The van der Waals surface area contributed by atoms with Crippen molar-refractivity contribution in [3.05, 3.63) is 54.2 Å². The lowest BCUT2D eigenvalue weighted by Crippen LogP contribution is -1.97. The molecule has 0 saturated carbocycles. The highest BCUT2D eigenvalue weighted by Gasteiger charge is 2.14. The summed E-state index contributed by atoms with van der Waals surface area (Å²) in [6.45, 7) is 0. The molecule has 136 valence electrons. The van der Waals surface area contributed by atoms with E-state index in [1.807, 2.05) is 0 Å². The third kappa shape index (κ3) is 2.87. The van der Waals surface area contributed by atoms with E-state index in [2.05, 4.69) is 9.97 Å². The SMILES string of the molecule is COc1cc2ncc3c(N)nc(-c4cc(F)cc(F)c4)cc3c2cc1OC.